The van der Waals surface area contributed by atoms with Gasteiger partial charge in [-0.25, -0.2) is 4.39 Å². The van der Waals surface area contributed by atoms with Crippen molar-refractivity contribution in [3.63, 3.8) is 0 Å². The van der Waals surface area contributed by atoms with Crippen LogP contribution in [0.3, 0.4) is 0 Å². The van der Waals surface area contributed by atoms with E-state index < -0.39 is 5.91 Å². The Morgan fingerprint density at radius 2 is 2.18 bits per heavy atom. The lowest BCUT2D eigenvalue weighted by Crippen LogP contribution is -2.25. The van der Waals surface area contributed by atoms with Crippen molar-refractivity contribution in [2.45, 2.75) is 18.1 Å². The molecule has 0 saturated heterocycles. The summed E-state index contributed by atoms with van der Waals surface area (Å²) in [4.78, 5) is 12.1. The highest BCUT2D eigenvalue weighted by Crippen LogP contribution is 2.25. The van der Waals surface area contributed by atoms with E-state index in [0.29, 0.717) is 23.6 Å². The Morgan fingerprint density at radius 3 is 2.91 bits per heavy atom. The van der Waals surface area contributed by atoms with Crippen molar-refractivity contribution < 1.29 is 13.6 Å². The molecule has 0 aliphatic carbocycles. The number of thioether (sulfide) groups is 1. The molecule has 118 valence electrons. The Hall–Kier alpha value is -1.50. The summed E-state index contributed by atoms with van der Waals surface area (Å²) in [6, 6.07) is 6.74. The van der Waals surface area contributed by atoms with Crippen LogP contribution in [0.2, 0.25) is 0 Å². The summed E-state index contributed by atoms with van der Waals surface area (Å²) in [6.45, 7) is 1.41. The fourth-order valence-electron chi connectivity index (χ4n) is 2.37. The molecule has 0 fully saturated rings. The van der Waals surface area contributed by atoms with Gasteiger partial charge < -0.3 is 15.1 Å². The lowest BCUT2D eigenvalue weighted by Gasteiger charge is -2.19. The van der Waals surface area contributed by atoms with Crippen LogP contribution in [0.25, 0.3) is 0 Å². The first-order valence-corrected chi connectivity index (χ1v) is 7.87. The van der Waals surface area contributed by atoms with Crippen LogP contribution >= 0.6 is 24.2 Å². The van der Waals surface area contributed by atoms with Crippen molar-refractivity contribution in [3.8, 4) is 0 Å². The third kappa shape index (κ3) is 3.29. The fourth-order valence-corrected chi connectivity index (χ4v) is 2.74. The van der Waals surface area contributed by atoms with E-state index in [2.05, 4.69) is 10.6 Å². The molecule has 1 aromatic carbocycles. The summed E-state index contributed by atoms with van der Waals surface area (Å²) in [7, 11) is 0. The maximum atomic E-state index is 14.4. The molecule has 2 N–H and O–H groups in total. The Labute approximate surface area is 138 Å². The Kier molecular flexibility index (Phi) is 5.50. The number of benzene rings is 1. The first-order chi connectivity index (χ1) is 10.2. The fraction of sp³-hybridized carbons (Fsp3) is 0.267. The van der Waals surface area contributed by atoms with E-state index in [1.807, 2.05) is 12.3 Å². The van der Waals surface area contributed by atoms with Gasteiger partial charge in [0.25, 0.3) is 5.91 Å². The van der Waals surface area contributed by atoms with Crippen LogP contribution in [0.15, 0.2) is 33.8 Å². The molecule has 1 aliphatic heterocycles. The van der Waals surface area contributed by atoms with Gasteiger partial charge in [-0.05, 0) is 48.5 Å². The van der Waals surface area contributed by atoms with Gasteiger partial charge >= 0.3 is 0 Å². The first-order valence-electron chi connectivity index (χ1n) is 6.65. The van der Waals surface area contributed by atoms with Gasteiger partial charge in [-0.15, -0.1) is 12.4 Å². The topological polar surface area (TPSA) is 54.3 Å². The molecule has 0 radical (unpaired) electrons. The van der Waals surface area contributed by atoms with Gasteiger partial charge in [-0.2, -0.15) is 0 Å². The zero-order chi connectivity index (χ0) is 14.8. The highest BCUT2D eigenvalue weighted by Gasteiger charge is 2.19. The van der Waals surface area contributed by atoms with Gasteiger partial charge in [0.15, 0.2) is 10.9 Å². The molecule has 0 saturated carbocycles. The van der Waals surface area contributed by atoms with Crippen LogP contribution in [0, 0.1) is 5.82 Å². The number of halogens is 2. The summed E-state index contributed by atoms with van der Waals surface area (Å²) >= 11 is 1.41. The summed E-state index contributed by atoms with van der Waals surface area (Å²) in [5.41, 5.74) is 1.82. The van der Waals surface area contributed by atoms with Gasteiger partial charge in [0, 0.05) is 6.54 Å². The van der Waals surface area contributed by atoms with Crippen LogP contribution in [-0.2, 0) is 13.0 Å². The number of fused-ring (bicyclic) bond motifs is 1. The molecule has 0 bridgehead atoms. The molecule has 0 atom stereocenters. The number of carbonyl (C=O) groups excluding carboxylic acids is 1. The summed E-state index contributed by atoms with van der Waals surface area (Å²) in [5.74, 6) is -0.611. The van der Waals surface area contributed by atoms with Gasteiger partial charge in [0.2, 0.25) is 0 Å². The minimum absolute atomic E-state index is 0. The number of amides is 1. The number of rotatable bonds is 3. The quantitative estimate of drug-likeness (QED) is 0.839. The van der Waals surface area contributed by atoms with Crippen molar-refractivity contribution in [1.29, 1.82) is 0 Å². The molecule has 3 rings (SSSR count). The maximum Gasteiger partial charge on any atom is 0.291 e. The van der Waals surface area contributed by atoms with E-state index in [9.17, 15) is 9.18 Å². The Morgan fingerprint density at radius 1 is 1.36 bits per heavy atom. The second-order valence-electron chi connectivity index (χ2n) is 4.77. The second kappa shape index (κ2) is 7.17. The van der Waals surface area contributed by atoms with Crippen LogP contribution in [0.1, 0.15) is 21.7 Å². The zero-order valence-electron chi connectivity index (χ0n) is 11.9. The lowest BCUT2D eigenvalue weighted by molar-refractivity contribution is 0.0991. The smallest absolute Gasteiger partial charge is 0.291 e. The van der Waals surface area contributed by atoms with E-state index >= 15 is 0 Å². The van der Waals surface area contributed by atoms with Crippen LogP contribution < -0.4 is 10.6 Å². The molecular weight excluding hydrogens is 327 g/mol. The summed E-state index contributed by atoms with van der Waals surface area (Å²) < 4.78 is 19.8. The maximum absolute atomic E-state index is 14.4. The molecule has 4 nitrogen and oxygen atoms in total. The van der Waals surface area contributed by atoms with E-state index in [-0.39, 0.29) is 29.7 Å². The van der Waals surface area contributed by atoms with Crippen molar-refractivity contribution in [2.24, 2.45) is 0 Å². The third-order valence-electron chi connectivity index (χ3n) is 3.46. The normalized spacial score (nSPS) is 13.2. The summed E-state index contributed by atoms with van der Waals surface area (Å²) in [6.07, 6.45) is 2.49. The predicted molar refractivity (Wildman–Crippen MR) is 87.5 cm³/mol. The van der Waals surface area contributed by atoms with Crippen molar-refractivity contribution in [3.05, 3.63) is 47.0 Å². The van der Waals surface area contributed by atoms with Crippen molar-refractivity contribution in [2.75, 3.05) is 18.1 Å². The molecule has 1 amide bonds. The standard InChI is InChI=1S/C15H15FN2O2S.ClH/c1-21-13-5-4-12(20-13)15(19)18-11-3-2-9-8-17-7-6-10(9)14(11)16;/h2-5,17H,6-8H2,1H3,(H,18,19);1H. The molecule has 2 heterocycles. The highest BCUT2D eigenvalue weighted by atomic mass is 35.5. The average molecular weight is 343 g/mol. The Bertz CT molecular complexity index is 690. The minimum atomic E-state index is -0.442. The number of anilines is 1. The largest absolute Gasteiger partial charge is 0.445 e. The number of hydrogen-bond acceptors (Lipinski definition) is 4. The predicted octanol–water partition coefficient (Wildman–Crippen LogP) is 3.46. The van der Waals surface area contributed by atoms with Crippen LogP contribution in [0.4, 0.5) is 10.1 Å². The molecule has 0 unspecified atom stereocenters. The molecule has 22 heavy (non-hydrogen) atoms. The van der Waals surface area contributed by atoms with Crippen LogP contribution in [-0.4, -0.2) is 18.7 Å². The molecule has 2 aromatic rings. The number of nitrogens with one attached hydrogen (secondary N) is 2. The molecule has 1 aliphatic rings. The van der Waals surface area contributed by atoms with E-state index in [4.69, 9.17) is 4.42 Å². The van der Waals surface area contributed by atoms with Crippen molar-refractivity contribution in [1.82, 2.24) is 5.32 Å². The average Bonchev–Trinajstić information content (AvgIpc) is 2.99. The van der Waals surface area contributed by atoms with Gasteiger partial charge in [0.05, 0.1) is 5.69 Å². The number of furan rings is 1. The highest BCUT2D eigenvalue weighted by molar-refractivity contribution is 7.98. The van der Waals surface area contributed by atoms with E-state index in [1.165, 1.54) is 11.8 Å². The van der Waals surface area contributed by atoms with Gasteiger partial charge in [-0.1, -0.05) is 17.8 Å². The second-order valence-corrected chi connectivity index (χ2v) is 5.58. The monoisotopic (exact) mass is 342 g/mol. The first kappa shape index (κ1) is 16.9. The number of carbonyl (C=O) groups is 1. The molecule has 0 spiro atoms. The number of hydrogen-bond donors (Lipinski definition) is 2. The van der Waals surface area contributed by atoms with E-state index in [1.54, 1.807) is 18.2 Å². The molecular formula is C15H16ClFN2O2S. The Balaban J connectivity index is 0.00000176. The van der Waals surface area contributed by atoms with Gasteiger partial charge in [-0.3, -0.25) is 4.79 Å². The van der Waals surface area contributed by atoms with E-state index in [0.717, 1.165) is 12.1 Å². The zero-order valence-corrected chi connectivity index (χ0v) is 13.6. The molecule has 7 heteroatoms. The SMILES string of the molecule is CSc1ccc(C(=O)Nc2ccc3c(c2F)CCNC3)o1.Cl. The minimum Gasteiger partial charge on any atom is -0.445 e. The summed E-state index contributed by atoms with van der Waals surface area (Å²) in [5, 5.41) is 6.42. The van der Waals surface area contributed by atoms with Gasteiger partial charge in [0.1, 0.15) is 5.82 Å². The lowest BCUT2D eigenvalue weighted by atomic mass is 9.99. The molecule has 1 aromatic heterocycles. The van der Waals surface area contributed by atoms with Crippen LogP contribution in [0.5, 0.6) is 0 Å². The van der Waals surface area contributed by atoms with Crippen molar-refractivity contribution >= 4 is 35.8 Å². The third-order valence-corrected chi connectivity index (χ3v) is 4.08.